The summed E-state index contributed by atoms with van der Waals surface area (Å²) in [6.45, 7) is 7.97. The Bertz CT molecular complexity index is 930. The van der Waals surface area contributed by atoms with Gasteiger partial charge in [0.1, 0.15) is 6.04 Å². The first-order valence-electron chi connectivity index (χ1n) is 10.4. The molecule has 172 valence electrons. The Morgan fingerprint density at radius 1 is 1.23 bits per heavy atom. The molecule has 1 aliphatic rings. The van der Waals surface area contributed by atoms with Crippen molar-refractivity contribution >= 4 is 21.8 Å². The topological polar surface area (TPSA) is 92.8 Å². The van der Waals surface area contributed by atoms with Crippen LogP contribution in [-0.2, 0) is 14.6 Å². The third-order valence-electron chi connectivity index (χ3n) is 5.00. The highest BCUT2D eigenvalue weighted by Crippen LogP contribution is 2.25. The molecule has 3 amide bonds. The lowest BCUT2D eigenvalue weighted by Crippen LogP contribution is -2.32. The van der Waals surface area contributed by atoms with E-state index in [1.54, 1.807) is 38.1 Å². The molecule has 31 heavy (non-hydrogen) atoms. The number of benzene rings is 1. The highest BCUT2D eigenvalue weighted by atomic mass is 32.2. The first-order chi connectivity index (χ1) is 14.5. The van der Waals surface area contributed by atoms with E-state index in [-0.39, 0.29) is 41.5 Å². The van der Waals surface area contributed by atoms with Gasteiger partial charge in [-0.1, -0.05) is 39.0 Å². The molecule has 7 nitrogen and oxygen atoms in total. The average molecular weight is 455 g/mol. The first kappa shape index (κ1) is 24.8. The van der Waals surface area contributed by atoms with Gasteiger partial charge in [-0.05, 0) is 42.9 Å². The van der Waals surface area contributed by atoms with E-state index in [0.29, 0.717) is 18.6 Å². The minimum Gasteiger partial charge on any atom is -0.490 e. The number of sulfone groups is 1. The average Bonchev–Trinajstić information content (AvgIpc) is 2.92. The van der Waals surface area contributed by atoms with Gasteiger partial charge in [0.25, 0.3) is 5.91 Å². The molecule has 1 aliphatic heterocycles. The largest absolute Gasteiger partial charge is 0.490 e. The number of rotatable bonds is 11. The Labute approximate surface area is 183 Å². The number of ether oxygens (including phenoxy) is 1. The van der Waals surface area contributed by atoms with Gasteiger partial charge in [-0.3, -0.25) is 10.1 Å². The summed E-state index contributed by atoms with van der Waals surface area (Å²) >= 11 is 0. The summed E-state index contributed by atoms with van der Waals surface area (Å²) in [4.78, 5) is 24.4. The predicted molar refractivity (Wildman–Crippen MR) is 117 cm³/mol. The van der Waals surface area contributed by atoms with Crippen LogP contribution in [-0.4, -0.2) is 56.0 Å². The van der Waals surface area contributed by atoms with Crippen molar-refractivity contribution in [3.05, 3.63) is 41.7 Å². The Morgan fingerprint density at radius 2 is 1.94 bits per heavy atom. The van der Waals surface area contributed by atoms with Crippen LogP contribution >= 0.6 is 0 Å². The summed E-state index contributed by atoms with van der Waals surface area (Å²) < 4.78 is 44.4. The molecule has 1 heterocycles. The zero-order valence-electron chi connectivity index (χ0n) is 18.4. The highest BCUT2D eigenvalue weighted by molar-refractivity contribution is 7.91. The molecule has 1 aromatic carbocycles. The molecular formula is C22H31FN2O5S. The molecule has 1 N–H and O–H groups in total. The number of imide groups is 1. The maximum absolute atomic E-state index is 13.9. The molecule has 9 heteroatoms. The van der Waals surface area contributed by atoms with Crippen LogP contribution in [0.5, 0.6) is 5.75 Å². The number of hydrogen-bond acceptors (Lipinski definition) is 5. The number of carbonyl (C=O) groups is 2. The number of nitrogens with one attached hydrogen (secondary N) is 1. The van der Waals surface area contributed by atoms with E-state index in [1.807, 2.05) is 13.8 Å². The van der Waals surface area contributed by atoms with Gasteiger partial charge in [0.15, 0.2) is 21.4 Å². The fourth-order valence-electron chi connectivity index (χ4n) is 3.15. The molecule has 1 aromatic rings. The fourth-order valence-corrected chi connectivity index (χ4v) is 4.76. The van der Waals surface area contributed by atoms with Crippen molar-refractivity contribution in [3.63, 3.8) is 0 Å². The van der Waals surface area contributed by atoms with Crippen LogP contribution < -0.4 is 10.1 Å². The van der Waals surface area contributed by atoms with Crippen LogP contribution in [0, 0.1) is 11.7 Å². The summed E-state index contributed by atoms with van der Waals surface area (Å²) in [5.41, 5.74) is 0.706. The van der Waals surface area contributed by atoms with Crippen LogP contribution in [0.4, 0.5) is 9.18 Å². The Kier molecular flexibility index (Phi) is 8.61. The third-order valence-corrected chi connectivity index (χ3v) is 6.87. The predicted octanol–water partition coefficient (Wildman–Crippen LogP) is 3.27. The maximum Gasteiger partial charge on any atom is 0.325 e. The SMILES string of the molecule is CC(C)COc1cc([C@@H](C)CS(=O)(=O)CC/C=C/CN2C(=O)NC(=O)C2C)ccc1F. The second-order valence-electron chi connectivity index (χ2n) is 8.29. The summed E-state index contributed by atoms with van der Waals surface area (Å²) in [7, 11) is -3.34. The van der Waals surface area contributed by atoms with E-state index in [4.69, 9.17) is 4.74 Å². The van der Waals surface area contributed by atoms with E-state index >= 15 is 0 Å². The van der Waals surface area contributed by atoms with Crippen molar-refractivity contribution in [1.29, 1.82) is 0 Å². The maximum atomic E-state index is 13.9. The lowest BCUT2D eigenvalue weighted by molar-refractivity contribution is -0.120. The zero-order chi connectivity index (χ0) is 23.2. The standard InChI is InChI=1S/C22H31FN2O5S/c1-15(2)13-30-20-12-18(8-9-19(20)23)16(3)14-31(28,29)11-7-5-6-10-25-17(4)21(26)24-22(25)27/h5-6,8-9,12,15-17H,7,10-11,13-14H2,1-4H3,(H,24,26,27)/b6-5+/t16-,17?/m0/s1. The molecule has 0 spiro atoms. The van der Waals surface area contributed by atoms with Gasteiger partial charge in [0, 0.05) is 6.54 Å². The molecule has 0 radical (unpaired) electrons. The van der Waals surface area contributed by atoms with Crippen molar-refractivity contribution in [2.75, 3.05) is 24.7 Å². The Balaban J connectivity index is 1.87. The number of urea groups is 1. The molecule has 0 aliphatic carbocycles. The van der Waals surface area contributed by atoms with E-state index < -0.39 is 27.7 Å². The number of allylic oxidation sites excluding steroid dienone is 1. The van der Waals surface area contributed by atoms with Crippen LogP contribution in [0.1, 0.15) is 45.6 Å². The summed E-state index contributed by atoms with van der Waals surface area (Å²) in [5, 5.41) is 2.23. The molecule has 2 atom stereocenters. The smallest absolute Gasteiger partial charge is 0.325 e. The fraction of sp³-hybridized carbons (Fsp3) is 0.545. The van der Waals surface area contributed by atoms with Gasteiger partial charge in [0.05, 0.1) is 18.1 Å². The first-order valence-corrected chi connectivity index (χ1v) is 12.2. The van der Waals surface area contributed by atoms with E-state index in [2.05, 4.69) is 5.32 Å². The molecule has 1 fully saturated rings. The summed E-state index contributed by atoms with van der Waals surface area (Å²) in [6.07, 6.45) is 3.69. The van der Waals surface area contributed by atoms with E-state index in [9.17, 15) is 22.4 Å². The second-order valence-corrected chi connectivity index (χ2v) is 10.5. The molecule has 1 unspecified atom stereocenters. The Morgan fingerprint density at radius 3 is 2.55 bits per heavy atom. The van der Waals surface area contributed by atoms with Crippen molar-refractivity contribution < 1.29 is 27.1 Å². The zero-order valence-corrected chi connectivity index (χ0v) is 19.2. The van der Waals surface area contributed by atoms with Crippen molar-refractivity contribution in [2.24, 2.45) is 5.92 Å². The van der Waals surface area contributed by atoms with Gasteiger partial charge in [-0.2, -0.15) is 0 Å². The van der Waals surface area contributed by atoms with Crippen LogP contribution in [0.2, 0.25) is 0 Å². The van der Waals surface area contributed by atoms with Gasteiger partial charge >= 0.3 is 6.03 Å². The van der Waals surface area contributed by atoms with Crippen LogP contribution in [0.3, 0.4) is 0 Å². The number of hydrogen-bond donors (Lipinski definition) is 1. The van der Waals surface area contributed by atoms with Crippen molar-refractivity contribution in [3.8, 4) is 5.75 Å². The van der Waals surface area contributed by atoms with Gasteiger partial charge in [-0.15, -0.1) is 0 Å². The second kappa shape index (κ2) is 10.7. The summed E-state index contributed by atoms with van der Waals surface area (Å²) in [5.74, 6) is -0.825. The normalized spacial score (nSPS) is 18.1. The van der Waals surface area contributed by atoms with Crippen LogP contribution in [0.25, 0.3) is 0 Å². The monoisotopic (exact) mass is 454 g/mol. The summed E-state index contributed by atoms with van der Waals surface area (Å²) in [6, 6.07) is 3.48. The highest BCUT2D eigenvalue weighted by Gasteiger charge is 2.33. The van der Waals surface area contributed by atoms with Gasteiger partial charge in [0.2, 0.25) is 0 Å². The molecule has 2 rings (SSSR count). The quantitative estimate of drug-likeness (QED) is 0.409. The van der Waals surface area contributed by atoms with E-state index in [1.165, 1.54) is 11.0 Å². The number of halogens is 1. The number of carbonyl (C=O) groups excluding carboxylic acids is 2. The molecular weight excluding hydrogens is 423 g/mol. The van der Waals surface area contributed by atoms with Crippen LogP contribution in [0.15, 0.2) is 30.4 Å². The third kappa shape index (κ3) is 7.34. The van der Waals surface area contributed by atoms with Crippen molar-refractivity contribution in [2.45, 2.75) is 46.1 Å². The number of amides is 3. The minimum atomic E-state index is -3.34. The Hall–Kier alpha value is -2.42. The van der Waals surface area contributed by atoms with E-state index in [0.717, 1.165) is 0 Å². The van der Waals surface area contributed by atoms with Crippen molar-refractivity contribution in [1.82, 2.24) is 10.2 Å². The lowest BCUT2D eigenvalue weighted by atomic mass is 10.0. The molecule has 1 saturated heterocycles. The molecule has 0 bridgehead atoms. The lowest BCUT2D eigenvalue weighted by Gasteiger charge is -2.16. The van der Waals surface area contributed by atoms with Gasteiger partial charge in [-0.25, -0.2) is 17.6 Å². The van der Waals surface area contributed by atoms with Gasteiger partial charge < -0.3 is 9.64 Å². The number of nitrogens with zero attached hydrogens (tertiary/aromatic N) is 1. The molecule has 0 aromatic heterocycles. The molecule has 0 saturated carbocycles. The minimum absolute atomic E-state index is 0.0353.